The van der Waals surface area contributed by atoms with Crippen molar-refractivity contribution in [2.45, 2.75) is 44.0 Å². The van der Waals surface area contributed by atoms with Crippen LogP contribution in [-0.2, 0) is 10.0 Å². The van der Waals surface area contributed by atoms with Crippen LogP contribution >= 0.6 is 0 Å². The highest BCUT2D eigenvalue weighted by Crippen LogP contribution is 2.30. The minimum Gasteiger partial charge on any atom is -0.493 e. The summed E-state index contributed by atoms with van der Waals surface area (Å²) in [6, 6.07) is 9.96. The van der Waals surface area contributed by atoms with Gasteiger partial charge in [-0.05, 0) is 62.1 Å². The van der Waals surface area contributed by atoms with E-state index in [0.717, 1.165) is 24.8 Å². The van der Waals surface area contributed by atoms with Crippen molar-refractivity contribution in [3.8, 4) is 11.5 Å². The molecule has 1 aliphatic heterocycles. The molecule has 1 fully saturated rings. The Morgan fingerprint density at radius 2 is 1.68 bits per heavy atom. The Morgan fingerprint density at radius 1 is 1.00 bits per heavy atom. The molecule has 0 saturated carbocycles. The van der Waals surface area contributed by atoms with Gasteiger partial charge in [-0.3, -0.25) is 4.79 Å². The summed E-state index contributed by atoms with van der Waals surface area (Å²) in [4.78, 5) is 13.1. The smallest absolute Gasteiger partial charge is 0.251 e. The third-order valence-corrected chi connectivity index (χ3v) is 7.68. The van der Waals surface area contributed by atoms with E-state index < -0.39 is 10.0 Å². The van der Waals surface area contributed by atoms with Crippen molar-refractivity contribution in [1.82, 2.24) is 9.62 Å². The molecule has 0 unspecified atom stereocenters. The Bertz CT molecular complexity index is 1050. The van der Waals surface area contributed by atoms with Crippen LogP contribution in [0.15, 0.2) is 41.3 Å². The Balaban J connectivity index is 1.82. The molecule has 0 bridgehead atoms. The first-order valence-electron chi connectivity index (χ1n) is 10.4. The third kappa shape index (κ3) is 5.02. The maximum Gasteiger partial charge on any atom is 0.251 e. The standard InChI is InChI=1S/C23H30N2O5S/c1-16-8-9-19(15-22(16)31(27,28)25-12-6-5-7-13-25)23(26)24-17(2)18-10-11-20(29-3)21(14-18)30-4/h8-11,14-15,17H,5-7,12-13H2,1-4H3,(H,24,26)/t17-/m0/s1. The zero-order valence-electron chi connectivity index (χ0n) is 18.5. The molecule has 0 spiro atoms. The van der Waals surface area contributed by atoms with Crippen LogP contribution < -0.4 is 14.8 Å². The molecule has 0 aromatic heterocycles. The molecule has 1 saturated heterocycles. The molecule has 31 heavy (non-hydrogen) atoms. The molecule has 7 nitrogen and oxygen atoms in total. The van der Waals surface area contributed by atoms with Crippen molar-refractivity contribution in [3.05, 3.63) is 53.1 Å². The van der Waals surface area contributed by atoms with Gasteiger partial charge in [0.25, 0.3) is 5.91 Å². The highest BCUT2D eigenvalue weighted by atomic mass is 32.2. The quantitative estimate of drug-likeness (QED) is 0.701. The molecule has 0 radical (unpaired) electrons. The zero-order chi connectivity index (χ0) is 22.6. The number of nitrogens with one attached hydrogen (secondary N) is 1. The fourth-order valence-electron chi connectivity index (χ4n) is 3.75. The Hall–Kier alpha value is -2.58. The molecule has 1 amide bonds. The topological polar surface area (TPSA) is 84.9 Å². The minimum atomic E-state index is -3.62. The summed E-state index contributed by atoms with van der Waals surface area (Å²) in [5.41, 5.74) is 1.79. The molecule has 168 valence electrons. The number of aryl methyl sites for hydroxylation is 1. The summed E-state index contributed by atoms with van der Waals surface area (Å²) >= 11 is 0. The van der Waals surface area contributed by atoms with Crippen LogP contribution in [0.1, 0.15) is 53.7 Å². The predicted molar refractivity (Wildman–Crippen MR) is 119 cm³/mol. The average molecular weight is 447 g/mol. The lowest BCUT2D eigenvalue weighted by Crippen LogP contribution is -2.36. The van der Waals surface area contributed by atoms with E-state index in [-0.39, 0.29) is 16.8 Å². The number of ether oxygens (including phenoxy) is 2. The Labute approximate surface area is 184 Å². The van der Waals surface area contributed by atoms with Crippen molar-refractivity contribution in [3.63, 3.8) is 0 Å². The van der Waals surface area contributed by atoms with Crippen LogP contribution in [-0.4, -0.2) is 45.9 Å². The minimum absolute atomic E-state index is 0.195. The first-order chi connectivity index (χ1) is 14.8. The number of carbonyl (C=O) groups is 1. The lowest BCUT2D eigenvalue weighted by atomic mass is 10.1. The lowest BCUT2D eigenvalue weighted by molar-refractivity contribution is 0.0939. The van der Waals surface area contributed by atoms with Crippen molar-refractivity contribution in [2.24, 2.45) is 0 Å². The summed E-state index contributed by atoms with van der Waals surface area (Å²) in [6.07, 6.45) is 2.77. The second kappa shape index (κ2) is 9.70. The molecule has 2 aromatic carbocycles. The van der Waals surface area contributed by atoms with E-state index in [2.05, 4.69) is 5.32 Å². The first kappa shape index (κ1) is 23.1. The average Bonchev–Trinajstić information content (AvgIpc) is 2.79. The van der Waals surface area contributed by atoms with E-state index in [1.807, 2.05) is 19.1 Å². The number of nitrogens with zero attached hydrogens (tertiary/aromatic N) is 1. The van der Waals surface area contributed by atoms with Gasteiger partial charge in [0.2, 0.25) is 10.0 Å². The van der Waals surface area contributed by atoms with Gasteiger partial charge in [-0.25, -0.2) is 8.42 Å². The van der Waals surface area contributed by atoms with Gasteiger partial charge in [-0.2, -0.15) is 4.31 Å². The number of hydrogen-bond donors (Lipinski definition) is 1. The van der Waals surface area contributed by atoms with E-state index in [1.54, 1.807) is 39.3 Å². The molecular formula is C23H30N2O5S. The third-order valence-electron chi connectivity index (χ3n) is 5.64. The number of rotatable bonds is 7. The van der Waals surface area contributed by atoms with E-state index in [1.165, 1.54) is 10.4 Å². The van der Waals surface area contributed by atoms with E-state index >= 15 is 0 Å². The van der Waals surface area contributed by atoms with Crippen LogP contribution in [0.2, 0.25) is 0 Å². The summed E-state index contributed by atoms with van der Waals surface area (Å²) in [7, 11) is -0.501. The normalized spacial score (nSPS) is 15.9. The van der Waals surface area contributed by atoms with E-state index in [4.69, 9.17) is 9.47 Å². The second-order valence-electron chi connectivity index (χ2n) is 7.75. The van der Waals surface area contributed by atoms with E-state index in [9.17, 15) is 13.2 Å². The number of piperidine rings is 1. The molecule has 1 atom stereocenters. The predicted octanol–water partition coefficient (Wildman–Crippen LogP) is 3.68. The molecule has 3 rings (SSSR count). The summed E-state index contributed by atoms with van der Waals surface area (Å²) < 4.78 is 38.4. The van der Waals surface area contributed by atoms with Gasteiger partial charge in [0.1, 0.15) is 0 Å². The van der Waals surface area contributed by atoms with E-state index in [0.29, 0.717) is 35.7 Å². The Kier molecular flexibility index (Phi) is 7.23. The van der Waals surface area contributed by atoms with Crippen LogP contribution in [0.4, 0.5) is 0 Å². The van der Waals surface area contributed by atoms with Crippen LogP contribution in [0.5, 0.6) is 11.5 Å². The summed E-state index contributed by atoms with van der Waals surface area (Å²) in [5, 5.41) is 2.94. The maximum absolute atomic E-state index is 13.1. The molecule has 1 heterocycles. The van der Waals surface area contributed by atoms with Crippen molar-refractivity contribution in [1.29, 1.82) is 0 Å². The molecular weight excluding hydrogens is 416 g/mol. The largest absolute Gasteiger partial charge is 0.493 e. The number of benzene rings is 2. The van der Waals surface area contributed by atoms with Gasteiger partial charge in [0.15, 0.2) is 11.5 Å². The van der Waals surface area contributed by atoms with Gasteiger partial charge in [-0.15, -0.1) is 0 Å². The fraction of sp³-hybridized carbons (Fsp3) is 0.435. The Morgan fingerprint density at radius 3 is 2.32 bits per heavy atom. The lowest BCUT2D eigenvalue weighted by Gasteiger charge is -2.26. The fourth-order valence-corrected chi connectivity index (χ4v) is 5.52. The molecule has 2 aromatic rings. The number of amides is 1. The SMILES string of the molecule is COc1ccc([C@H](C)NC(=O)c2ccc(C)c(S(=O)(=O)N3CCCCC3)c2)cc1OC. The van der Waals surface area contributed by atoms with Crippen molar-refractivity contribution < 1.29 is 22.7 Å². The van der Waals surface area contributed by atoms with Gasteiger partial charge in [0, 0.05) is 18.7 Å². The second-order valence-corrected chi connectivity index (χ2v) is 9.66. The number of carbonyl (C=O) groups excluding carboxylic acids is 1. The van der Waals surface area contributed by atoms with Gasteiger partial charge in [-0.1, -0.05) is 18.6 Å². The first-order valence-corrected chi connectivity index (χ1v) is 11.9. The summed E-state index contributed by atoms with van der Waals surface area (Å²) in [6.45, 7) is 4.66. The number of hydrogen-bond acceptors (Lipinski definition) is 5. The van der Waals surface area contributed by atoms with Crippen molar-refractivity contribution >= 4 is 15.9 Å². The number of sulfonamides is 1. The van der Waals surface area contributed by atoms with Gasteiger partial charge >= 0.3 is 0 Å². The van der Waals surface area contributed by atoms with Crippen LogP contribution in [0.25, 0.3) is 0 Å². The van der Waals surface area contributed by atoms with Gasteiger partial charge < -0.3 is 14.8 Å². The highest BCUT2D eigenvalue weighted by Gasteiger charge is 2.28. The highest BCUT2D eigenvalue weighted by molar-refractivity contribution is 7.89. The molecule has 1 aliphatic rings. The summed E-state index contributed by atoms with van der Waals surface area (Å²) in [5.74, 6) is 0.847. The number of methoxy groups -OCH3 is 2. The molecule has 8 heteroatoms. The molecule has 0 aliphatic carbocycles. The monoisotopic (exact) mass is 446 g/mol. The van der Waals surface area contributed by atoms with Crippen molar-refractivity contribution in [2.75, 3.05) is 27.3 Å². The van der Waals surface area contributed by atoms with Gasteiger partial charge in [0.05, 0.1) is 25.2 Å². The molecule has 1 N–H and O–H groups in total. The maximum atomic E-state index is 13.1. The van der Waals surface area contributed by atoms with Crippen LogP contribution in [0.3, 0.4) is 0 Å². The zero-order valence-corrected chi connectivity index (χ0v) is 19.3. The van der Waals surface area contributed by atoms with Crippen LogP contribution in [0, 0.1) is 6.92 Å².